The van der Waals surface area contributed by atoms with Crippen molar-refractivity contribution in [1.82, 2.24) is 4.90 Å². The highest BCUT2D eigenvalue weighted by Crippen LogP contribution is 2.30. The van der Waals surface area contributed by atoms with Crippen molar-refractivity contribution in [3.8, 4) is 0 Å². The number of hydrogen-bond donors (Lipinski definition) is 1. The van der Waals surface area contributed by atoms with Crippen molar-refractivity contribution in [2.75, 3.05) is 7.05 Å². The van der Waals surface area contributed by atoms with Gasteiger partial charge in [0.15, 0.2) is 0 Å². The molecule has 1 aromatic heterocycles. The van der Waals surface area contributed by atoms with Crippen molar-refractivity contribution < 1.29 is 9.90 Å². The quantitative estimate of drug-likeness (QED) is 0.885. The predicted octanol–water partition coefficient (Wildman–Crippen LogP) is 3.26. The van der Waals surface area contributed by atoms with Gasteiger partial charge >= 0.3 is 5.97 Å². The van der Waals surface area contributed by atoms with Gasteiger partial charge in [0.25, 0.3) is 0 Å². The smallest absolute Gasteiger partial charge is 0.304 e. The molecule has 0 aliphatic carbocycles. The van der Waals surface area contributed by atoms with E-state index in [1.807, 2.05) is 26.1 Å². The fraction of sp³-hybridized carbons (Fsp3) is 0.545. The standard InChI is InChI=1S/C11H16ClNO2S/c1-7(6-11(14)15)13(3)8(2)9-4-5-10(12)16-9/h4-5,7-8H,6H2,1-3H3,(H,14,15). The Hall–Kier alpha value is -0.580. The highest BCUT2D eigenvalue weighted by Gasteiger charge is 2.20. The molecule has 0 fully saturated rings. The summed E-state index contributed by atoms with van der Waals surface area (Å²) in [7, 11) is 1.94. The molecule has 0 saturated heterocycles. The molecule has 1 heterocycles. The number of carboxylic acid groups (broad SMARTS) is 1. The van der Waals surface area contributed by atoms with Crippen LogP contribution in [0.4, 0.5) is 0 Å². The van der Waals surface area contributed by atoms with Gasteiger partial charge in [-0.05, 0) is 33.0 Å². The highest BCUT2D eigenvalue weighted by molar-refractivity contribution is 7.16. The van der Waals surface area contributed by atoms with E-state index >= 15 is 0 Å². The maximum absolute atomic E-state index is 10.6. The van der Waals surface area contributed by atoms with Crippen LogP contribution in [-0.4, -0.2) is 29.1 Å². The number of halogens is 1. The van der Waals surface area contributed by atoms with Gasteiger partial charge in [0.1, 0.15) is 0 Å². The van der Waals surface area contributed by atoms with Crippen molar-refractivity contribution in [2.24, 2.45) is 0 Å². The van der Waals surface area contributed by atoms with Crippen molar-refractivity contribution in [2.45, 2.75) is 32.4 Å². The second-order valence-electron chi connectivity index (χ2n) is 3.93. The monoisotopic (exact) mass is 261 g/mol. The molecule has 1 N–H and O–H groups in total. The highest BCUT2D eigenvalue weighted by atomic mass is 35.5. The fourth-order valence-electron chi connectivity index (χ4n) is 1.53. The van der Waals surface area contributed by atoms with Crippen LogP contribution in [0.3, 0.4) is 0 Å². The first kappa shape index (κ1) is 13.5. The maximum atomic E-state index is 10.6. The number of carbonyl (C=O) groups is 1. The topological polar surface area (TPSA) is 40.5 Å². The van der Waals surface area contributed by atoms with Crippen LogP contribution in [0.1, 0.15) is 31.2 Å². The van der Waals surface area contributed by atoms with Gasteiger partial charge in [0, 0.05) is 17.0 Å². The molecule has 0 radical (unpaired) electrons. The molecule has 16 heavy (non-hydrogen) atoms. The average Bonchev–Trinajstić information content (AvgIpc) is 2.61. The zero-order chi connectivity index (χ0) is 12.3. The molecule has 2 unspecified atom stereocenters. The first-order valence-electron chi connectivity index (χ1n) is 5.10. The number of nitrogens with zero attached hydrogens (tertiary/aromatic N) is 1. The molecule has 0 spiro atoms. The van der Waals surface area contributed by atoms with Crippen LogP contribution in [0, 0.1) is 0 Å². The van der Waals surface area contributed by atoms with Gasteiger partial charge in [-0.2, -0.15) is 0 Å². The minimum Gasteiger partial charge on any atom is -0.481 e. The third-order valence-electron chi connectivity index (χ3n) is 2.78. The normalized spacial score (nSPS) is 15.1. The van der Waals surface area contributed by atoms with E-state index in [-0.39, 0.29) is 18.5 Å². The second kappa shape index (κ2) is 5.66. The molecule has 0 bridgehead atoms. The number of thiophene rings is 1. The third kappa shape index (κ3) is 3.47. The van der Waals surface area contributed by atoms with Crippen molar-refractivity contribution in [3.05, 3.63) is 21.3 Å². The largest absolute Gasteiger partial charge is 0.481 e. The SMILES string of the molecule is CC(CC(=O)O)N(C)C(C)c1ccc(Cl)s1. The molecule has 0 saturated carbocycles. The van der Waals surface area contributed by atoms with Crippen molar-refractivity contribution >= 4 is 28.9 Å². The molecule has 0 amide bonds. The van der Waals surface area contributed by atoms with Gasteiger partial charge in [-0.1, -0.05) is 11.6 Å². The first-order chi connectivity index (χ1) is 7.41. The summed E-state index contributed by atoms with van der Waals surface area (Å²) >= 11 is 7.42. The summed E-state index contributed by atoms with van der Waals surface area (Å²) in [6.07, 6.45) is 0.153. The Morgan fingerprint density at radius 3 is 2.62 bits per heavy atom. The molecule has 5 heteroatoms. The number of carboxylic acids is 1. The minimum absolute atomic E-state index is 0.00776. The van der Waals surface area contributed by atoms with E-state index < -0.39 is 5.97 Å². The molecule has 2 atom stereocenters. The summed E-state index contributed by atoms with van der Waals surface area (Å²) in [5.41, 5.74) is 0. The van der Waals surface area contributed by atoms with Crippen LogP contribution >= 0.6 is 22.9 Å². The first-order valence-corrected chi connectivity index (χ1v) is 6.30. The van der Waals surface area contributed by atoms with Gasteiger partial charge in [-0.25, -0.2) is 0 Å². The number of hydrogen-bond acceptors (Lipinski definition) is 3. The lowest BCUT2D eigenvalue weighted by Gasteiger charge is -2.29. The van der Waals surface area contributed by atoms with E-state index in [2.05, 4.69) is 11.8 Å². The van der Waals surface area contributed by atoms with Crippen LogP contribution in [0.5, 0.6) is 0 Å². The molecule has 1 rings (SSSR count). The molecule has 3 nitrogen and oxygen atoms in total. The molecule has 90 valence electrons. The molecular formula is C11H16ClNO2S. The molecule has 0 aromatic carbocycles. The Morgan fingerprint density at radius 2 is 2.19 bits per heavy atom. The van der Waals surface area contributed by atoms with E-state index in [1.54, 1.807) is 0 Å². The van der Waals surface area contributed by atoms with Crippen LogP contribution in [0.2, 0.25) is 4.34 Å². The second-order valence-corrected chi connectivity index (χ2v) is 5.68. The van der Waals surface area contributed by atoms with Crippen molar-refractivity contribution in [3.63, 3.8) is 0 Å². The summed E-state index contributed by atoms with van der Waals surface area (Å²) in [6, 6.07) is 4.05. The summed E-state index contributed by atoms with van der Waals surface area (Å²) in [5, 5.41) is 8.74. The molecule has 0 aliphatic heterocycles. The summed E-state index contributed by atoms with van der Waals surface area (Å²) in [6.45, 7) is 3.97. The summed E-state index contributed by atoms with van der Waals surface area (Å²) in [5.74, 6) is -0.768. The zero-order valence-electron chi connectivity index (χ0n) is 9.61. The molecular weight excluding hydrogens is 246 g/mol. The minimum atomic E-state index is -0.768. The lowest BCUT2D eigenvalue weighted by atomic mass is 10.1. The lowest BCUT2D eigenvalue weighted by molar-refractivity contribution is -0.138. The fourth-order valence-corrected chi connectivity index (χ4v) is 2.70. The van der Waals surface area contributed by atoms with Crippen LogP contribution in [0.15, 0.2) is 12.1 Å². The van der Waals surface area contributed by atoms with E-state index in [4.69, 9.17) is 16.7 Å². The van der Waals surface area contributed by atoms with Gasteiger partial charge < -0.3 is 5.11 Å². The van der Waals surface area contributed by atoms with E-state index in [0.717, 1.165) is 9.21 Å². The van der Waals surface area contributed by atoms with E-state index in [1.165, 1.54) is 11.3 Å². The summed E-state index contributed by atoms with van der Waals surface area (Å²) < 4.78 is 0.765. The van der Waals surface area contributed by atoms with Gasteiger partial charge in [0.05, 0.1) is 10.8 Å². The van der Waals surface area contributed by atoms with E-state index in [0.29, 0.717) is 0 Å². The van der Waals surface area contributed by atoms with Crippen LogP contribution < -0.4 is 0 Å². The Bertz CT molecular complexity index is 367. The van der Waals surface area contributed by atoms with E-state index in [9.17, 15) is 4.79 Å². The van der Waals surface area contributed by atoms with Gasteiger partial charge in [-0.3, -0.25) is 9.69 Å². The number of aliphatic carboxylic acids is 1. The lowest BCUT2D eigenvalue weighted by Crippen LogP contribution is -2.33. The number of rotatable bonds is 5. The Balaban J connectivity index is 2.66. The summed E-state index contributed by atoms with van der Waals surface area (Å²) in [4.78, 5) is 13.8. The Labute approximate surface area is 105 Å². The zero-order valence-corrected chi connectivity index (χ0v) is 11.2. The molecule has 1 aromatic rings. The van der Waals surface area contributed by atoms with Gasteiger partial charge in [-0.15, -0.1) is 11.3 Å². The maximum Gasteiger partial charge on any atom is 0.304 e. The average molecular weight is 262 g/mol. The predicted molar refractivity (Wildman–Crippen MR) is 67.2 cm³/mol. The Kier molecular flexibility index (Phi) is 4.77. The molecule has 0 aliphatic rings. The Morgan fingerprint density at radius 1 is 1.56 bits per heavy atom. The van der Waals surface area contributed by atoms with Crippen LogP contribution in [0.25, 0.3) is 0 Å². The van der Waals surface area contributed by atoms with Crippen LogP contribution in [-0.2, 0) is 4.79 Å². The van der Waals surface area contributed by atoms with Crippen molar-refractivity contribution in [1.29, 1.82) is 0 Å². The third-order valence-corrected chi connectivity index (χ3v) is 4.18. The van der Waals surface area contributed by atoms with Gasteiger partial charge in [0.2, 0.25) is 0 Å².